The maximum Gasteiger partial charge on any atom is 0.310 e. The van der Waals surface area contributed by atoms with Gasteiger partial charge in [-0.05, 0) is 37.1 Å². The first-order chi connectivity index (χ1) is 12.6. The van der Waals surface area contributed by atoms with Gasteiger partial charge in [-0.1, -0.05) is 0 Å². The summed E-state index contributed by atoms with van der Waals surface area (Å²) >= 11 is 0. The van der Waals surface area contributed by atoms with Gasteiger partial charge in [-0.3, -0.25) is 9.59 Å². The van der Waals surface area contributed by atoms with E-state index in [0.717, 1.165) is 37.4 Å². The largest absolute Gasteiger partial charge is 0.497 e. The van der Waals surface area contributed by atoms with Crippen molar-refractivity contribution in [2.45, 2.75) is 25.0 Å². The monoisotopic (exact) mass is 360 g/mol. The average Bonchev–Trinajstić information content (AvgIpc) is 3.29. The van der Waals surface area contributed by atoms with Crippen molar-refractivity contribution >= 4 is 17.6 Å². The third-order valence-corrected chi connectivity index (χ3v) is 5.87. The molecule has 3 heterocycles. The summed E-state index contributed by atoms with van der Waals surface area (Å²) in [4.78, 5) is 28.6. The lowest BCUT2D eigenvalue weighted by Crippen LogP contribution is -2.53. The van der Waals surface area contributed by atoms with E-state index in [9.17, 15) is 14.7 Å². The van der Waals surface area contributed by atoms with E-state index in [1.54, 1.807) is 7.11 Å². The smallest absolute Gasteiger partial charge is 0.310 e. The zero-order valence-electron chi connectivity index (χ0n) is 14.8. The maximum atomic E-state index is 13.0. The van der Waals surface area contributed by atoms with Gasteiger partial charge in [-0.25, -0.2) is 0 Å². The zero-order valence-corrected chi connectivity index (χ0v) is 14.8. The number of ether oxygens (including phenoxy) is 2. The summed E-state index contributed by atoms with van der Waals surface area (Å²) in [6.45, 7) is 2.67. The Morgan fingerprint density at radius 1 is 1.04 bits per heavy atom. The predicted octanol–water partition coefficient (Wildman–Crippen LogP) is 1.22. The van der Waals surface area contributed by atoms with Gasteiger partial charge >= 0.3 is 5.97 Å². The number of hydrogen-bond donors (Lipinski definition) is 1. The molecule has 7 heteroatoms. The molecule has 2 bridgehead atoms. The van der Waals surface area contributed by atoms with Crippen molar-refractivity contribution in [3.63, 3.8) is 0 Å². The number of amides is 1. The first kappa shape index (κ1) is 17.1. The summed E-state index contributed by atoms with van der Waals surface area (Å²) in [5.41, 5.74) is 1.10. The number of carbonyl (C=O) groups is 2. The molecule has 3 aliphatic rings. The average molecular weight is 360 g/mol. The van der Waals surface area contributed by atoms with E-state index >= 15 is 0 Å². The number of anilines is 1. The van der Waals surface area contributed by atoms with Gasteiger partial charge in [0, 0.05) is 31.9 Å². The molecule has 1 aromatic carbocycles. The Labute approximate surface area is 152 Å². The van der Waals surface area contributed by atoms with Crippen molar-refractivity contribution in [3.05, 3.63) is 24.3 Å². The number of aliphatic carboxylic acids is 1. The Bertz CT molecular complexity index is 684. The van der Waals surface area contributed by atoms with Gasteiger partial charge in [0.2, 0.25) is 5.91 Å². The van der Waals surface area contributed by atoms with E-state index in [4.69, 9.17) is 9.47 Å². The normalized spacial score (nSPS) is 30.5. The molecule has 3 saturated heterocycles. The Morgan fingerprint density at radius 3 is 2.23 bits per heavy atom. The van der Waals surface area contributed by atoms with E-state index < -0.39 is 17.8 Å². The molecule has 140 valence electrons. The van der Waals surface area contributed by atoms with Crippen molar-refractivity contribution in [1.29, 1.82) is 0 Å². The van der Waals surface area contributed by atoms with Gasteiger partial charge in [0.05, 0.1) is 31.2 Å². The van der Waals surface area contributed by atoms with Crippen LogP contribution < -0.4 is 9.64 Å². The zero-order chi connectivity index (χ0) is 18.3. The van der Waals surface area contributed by atoms with E-state index in [0.29, 0.717) is 13.1 Å². The number of nitrogens with zero attached hydrogens (tertiary/aromatic N) is 2. The van der Waals surface area contributed by atoms with Gasteiger partial charge in [0.1, 0.15) is 5.75 Å². The molecular weight excluding hydrogens is 336 g/mol. The Kier molecular flexibility index (Phi) is 4.48. The minimum absolute atomic E-state index is 0.0565. The van der Waals surface area contributed by atoms with Crippen LogP contribution in [0.5, 0.6) is 5.75 Å². The molecule has 7 nitrogen and oxygen atoms in total. The Morgan fingerprint density at radius 2 is 1.65 bits per heavy atom. The van der Waals surface area contributed by atoms with Gasteiger partial charge in [-0.15, -0.1) is 0 Å². The fourth-order valence-electron chi connectivity index (χ4n) is 4.49. The van der Waals surface area contributed by atoms with Gasteiger partial charge in [0.15, 0.2) is 0 Å². The Balaban J connectivity index is 1.39. The molecule has 0 aromatic heterocycles. The van der Waals surface area contributed by atoms with Crippen LogP contribution in [0, 0.1) is 11.8 Å². The molecule has 0 unspecified atom stereocenters. The van der Waals surface area contributed by atoms with E-state index in [1.165, 1.54) is 0 Å². The molecule has 0 aliphatic carbocycles. The highest BCUT2D eigenvalue weighted by molar-refractivity contribution is 5.86. The van der Waals surface area contributed by atoms with E-state index in [1.807, 2.05) is 29.2 Å². The van der Waals surface area contributed by atoms with E-state index in [2.05, 4.69) is 4.90 Å². The van der Waals surface area contributed by atoms with Crippen molar-refractivity contribution in [2.75, 3.05) is 38.2 Å². The lowest BCUT2D eigenvalue weighted by atomic mass is 9.78. The quantitative estimate of drug-likeness (QED) is 0.870. The molecule has 0 radical (unpaired) electrons. The number of carboxylic acids is 1. The number of rotatable bonds is 4. The van der Waals surface area contributed by atoms with Gasteiger partial charge in [0.25, 0.3) is 0 Å². The summed E-state index contributed by atoms with van der Waals surface area (Å²) in [7, 11) is 1.64. The SMILES string of the molecule is COc1ccc(N2CCN(C(=O)[C@@H]3[C@H](C(=O)O)[C@H]4CC[C@H]3O4)CC2)cc1. The fraction of sp³-hybridized carbons (Fsp3) is 0.579. The van der Waals surface area contributed by atoms with Crippen LogP contribution in [-0.4, -0.2) is 67.4 Å². The summed E-state index contributed by atoms with van der Waals surface area (Å²) < 4.78 is 10.9. The molecular formula is C19H24N2O5. The number of carbonyl (C=O) groups excluding carboxylic acids is 1. The molecule has 0 saturated carbocycles. The number of piperazine rings is 1. The first-order valence-corrected chi connectivity index (χ1v) is 9.14. The highest BCUT2D eigenvalue weighted by Crippen LogP contribution is 2.44. The molecule has 1 N–H and O–H groups in total. The lowest BCUT2D eigenvalue weighted by molar-refractivity contribution is -0.151. The predicted molar refractivity (Wildman–Crippen MR) is 94.3 cm³/mol. The molecule has 4 rings (SSSR count). The number of methoxy groups -OCH3 is 1. The van der Waals surface area contributed by atoms with Crippen LogP contribution in [0.3, 0.4) is 0 Å². The minimum Gasteiger partial charge on any atom is -0.497 e. The van der Waals surface area contributed by atoms with Gasteiger partial charge in [-0.2, -0.15) is 0 Å². The second kappa shape index (κ2) is 6.79. The first-order valence-electron chi connectivity index (χ1n) is 9.14. The maximum absolute atomic E-state index is 13.0. The second-order valence-electron chi connectivity index (χ2n) is 7.19. The fourth-order valence-corrected chi connectivity index (χ4v) is 4.49. The molecule has 1 aromatic rings. The summed E-state index contributed by atoms with van der Waals surface area (Å²) in [5, 5.41) is 9.52. The van der Waals surface area contributed by atoms with Crippen molar-refractivity contribution in [1.82, 2.24) is 4.90 Å². The number of benzene rings is 1. The number of carboxylic acid groups (broad SMARTS) is 1. The highest BCUT2D eigenvalue weighted by atomic mass is 16.5. The topological polar surface area (TPSA) is 79.3 Å². The summed E-state index contributed by atoms with van der Waals surface area (Å²) in [6.07, 6.45) is 1.01. The summed E-state index contributed by atoms with van der Waals surface area (Å²) in [5.74, 6) is -1.37. The van der Waals surface area contributed by atoms with Crippen molar-refractivity contribution in [3.8, 4) is 5.75 Å². The third kappa shape index (κ3) is 2.90. The van der Waals surface area contributed by atoms with Gasteiger partial charge < -0.3 is 24.4 Å². The number of fused-ring (bicyclic) bond motifs is 2. The third-order valence-electron chi connectivity index (χ3n) is 5.87. The van der Waals surface area contributed by atoms with Crippen molar-refractivity contribution < 1.29 is 24.2 Å². The van der Waals surface area contributed by atoms with Crippen LogP contribution >= 0.6 is 0 Å². The lowest BCUT2D eigenvalue weighted by Gasteiger charge is -2.38. The highest BCUT2D eigenvalue weighted by Gasteiger charge is 2.56. The van der Waals surface area contributed by atoms with E-state index in [-0.39, 0.29) is 18.1 Å². The molecule has 1 amide bonds. The molecule has 4 atom stereocenters. The Hall–Kier alpha value is -2.28. The summed E-state index contributed by atoms with van der Waals surface area (Å²) in [6, 6.07) is 7.88. The van der Waals surface area contributed by atoms with Crippen LogP contribution in [0.2, 0.25) is 0 Å². The van der Waals surface area contributed by atoms with Crippen LogP contribution in [0.1, 0.15) is 12.8 Å². The molecule has 3 aliphatic heterocycles. The van der Waals surface area contributed by atoms with Crippen LogP contribution in [-0.2, 0) is 14.3 Å². The minimum atomic E-state index is -0.910. The standard InChI is InChI=1S/C19H24N2O5/c1-25-13-4-2-12(3-5-13)20-8-10-21(11-9-20)18(22)16-14-6-7-15(26-14)17(16)19(23)24/h2-5,14-17H,6-11H2,1H3,(H,23,24)/t14-,15-,16+,17-/m1/s1. The van der Waals surface area contributed by atoms with Crippen LogP contribution in [0.15, 0.2) is 24.3 Å². The second-order valence-corrected chi connectivity index (χ2v) is 7.19. The van der Waals surface area contributed by atoms with Crippen LogP contribution in [0.25, 0.3) is 0 Å². The molecule has 26 heavy (non-hydrogen) atoms. The van der Waals surface area contributed by atoms with Crippen molar-refractivity contribution in [2.24, 2.45) is 11.8 Å². The molecule has 0 spiro atoms. The van der Waals surface area contributed by atoms with Crippen LogP contribution in [0.4, 0.5) is 5.69 Å². The molecule has 3 fully saturated rings. The number of hydrogen-bond acceptors (Lipinski definition) is 5.